The molecule has 1 N–H and O–H groups in total. The van der Waals surface area contributed by atoms with Crippen LogP contribution in [0.1, 0.15) is 49.4 Å². The summed E-state index contributed by atoms with van der Waals surface area (Å²) in [5.41, 5.74) is 1.59. The molecule has 1 saturated carbocycles. The van der Waals surface area contributed by atoms with Crippen LogP contribution in [0.4, 0.5) is 5.69 Å². The normalized spacial score (nSPS) is 14.2. The zero-order chi connectivity index (χ0) is 26.5. The molecule has 1 amide bonds. The van der Waals surface area contributed by atoms with Crippen molar-refractivity contribution in [3.8, 4) is 5.75 Å². The first kappa shape index (κ1) is 25.9. The van der Waals surface area contributed by atoms with E-state index in [1.165, 1.54) is 17.3 Å². The molecular formula is C29H26Cl2N4O3. The van der Waals surface area contributed by atoms with E-state index in [2.05, 4.69) is 10.4 Å². The van der Waals surface area contributed by atoms with Gasteiger partial charge in [0.15, 0.2) is 6.61 Å². The lowest BCUT2D eigenvalue weighted by Gasteiger charge is -2.22. The van der Waals surface area contributed by atoms with Crippen molar-refractivity contribution >= 4 is 51.9 Å². The molecule has 0 radical (unpaired) electrons. The third-order valence-electron chi connectivity index (χ3n) is 6.52. The number of benzene rings is 3. The van der Waals surface area contributed by atoms with Gasteiger partial charge < -0.3 is 10.1 Å². The smallest absolute Gasteiger partial charge is 0.282 e. The molecule has 0 unspecified atom stereocenters. The van der Waals surface area contributed by atoms with Crippen molar-refractivity contribution < 1.29 is 9.53 Å². The molecule has 38 heavy (non-hydrogen) atoms. The van der Waals surface area contributed by atoms with Gasteiger partial charge in [-0.3, -0.25) is 9.59 Å². The van der Waals surface area contributed by atoms with Crippen LogP contribution < -0.4 is 15.6 Å². The number of carbonyl (C=O) groups is 1. The number of para-hydroxylation sites is 1. The predicted molar refractivity (Wildman–Crippen MR) is 152 cm³/mol. The van der Waals surface area contributed by atoms with Crippen LogP contribution in [0.15, 0.2) is 76.6 Å². The number of aromatic nitrogens is 2. The summed E-state index contributed by atoms with van der Waals surface area (Å²) in [5.74, 6) is 0.895. The van der Waals surface area contributed by atoms with E-state index in [0.717, 1.165) is 25.7 Å². The number of rotatable bonds is 7. The Morgan fingerprint density at radius 3 is 2.55 bits per heavy atom. The molecule has 0 aliphatic heterocycles. The summed E-state index contributed by atoms with van der Waals surface area (Å²) in [6.45, 7) is -0.226. The lowest BCUT2D eigenvalue weighted by atomic mass is 9.88. The molecule has 0 atom stereocenters. The summed E-state index contributed by atoms with van der Waals surface area (Å²) in [5, 5.41) is 8.89. The predicted octanol–water partition coefficient (Wildman–Crippen LogP) is 6.65. The number of nitrogens with one attached hydrogen (secondary N) is 1. The van der Waals surface area contributed by atoms with E-state index < -0.39 is 0 Å². The highest BCUT2D eigenvalue weighted by Crippen LogP contribution is 2.32. The second-order valence-electron chi connectivity index (χ2n) is 9.21. The number of ether oxygens (including phenoxy) is 1. The highest BCUT2D eigenvalue weighted by atomic mass is 35.5. The number of carbonyl (C=O) groups excluding carboxylic acids is 1. The monoisotopic (exact) mass is 548 g/mol. The Balaban J connectivity index is 1.42. The number of fused-ring (bicyclic) bond motifs is 1. The topological polar surface area (TPSA) is 85.6 Å². The van der Waals surface area contributed by atoms with Gasteiger partial charge in [-0.15, -0.1) is 0 Å². The van der Waals surface area contributed by atoms with E-state index in [1.54, 1.807) is 48.5 Å². The molecule has 5 rings (SSSR count). The maximum atomic E-state index is 13.5. The summed E-state index contributed by atoms with van der Waals surface area (Å²) in [6.07, 6.45) is 6.85. The molecule has 1 aromatic heterocycles. The van der Waals surface area contributed by atoms with Gasteiger partial charge in [-0.25, -0.2) is 4.98 Å². The zero-order valence-electron chi connectivity index (χ0n) is 20.6. The van der Waals surface area contributed by atoms with Crippen LogP contribution in [-0.4, -0.2) is 28.4 Å². The molecule has 9 heteroatoms. The number of hydrogen-bond acceptors (Lipinski definition) is 5. The SMILES string of the molecule is O=C(COc1ccc(Cl)cc1C=Nn1c(C2CCCCC2)nc2ccccc2c1=O)Nc1ccc(Cl)cc1. The Bertz CT molecular complexity index is 1540. The Labute approximate surface area is 230 Å². The lowest BCUT2D eigenvalue weighted by Crippen LogP contribution is -2.25. The minimum atomic E-state index is -0.334. The van der Waals surface area contributed by atoms with Gasteiger partial charge in [-0.05, 0) is 67.4 Å². The standard InChI is InChI=1S/C29H26Cl2N4O3/c30-21-10-13-23(14-11-21)33-27(36)18-38-26-15-12-22(31)16-20(26)17-32-35-28(19-6-2-1-3-7-19)34-25-9-5-4-8-24(25)29(35)37/h4-5,8-17,19H,1-3,6-7,18H2,(H,33,36). The Morgan fingerprint density at radius 2 is 1.76 bits per heavy atom. The van der Waals surface area contributed by atoms with Crippen LogP contribution in [0, 0.1) is 0 Å². The fraction of sp³-hybridized carbons (Fsp3) is 0.241. The number of amides is 1. The Hall–Kier alpha value is -3.68. The number of nitrogens with zero attached hydrogens (tertiary/aromatic N) is 3. The molecule has 0 spiro atoms. The van der Waals surface area contributed by atoms with Gasteiger partial charge in [-0.2, -0.15) is 9.78 Å². The van der Waals surface area contributed by atoms with Crippen molar-refractivity contribution in [3.05, 3.63) is 98.5 Å². The van der Waals surface area contributed by atoms with Crippen LogP contribution in [0.3, 0.4) is 0 Å². The van der Waals surface area contributed by atoms with Gasteiger partial charge in [-0.1, -0.05) is 54.6 Å². The fourth-order valence-corrected chi connectivity index (χ4v) is 4.93. The van der Waals surface area contributed by atoms with Gasteiger partial charge in [0.2, 0.25) is 0 Å². The average Bonchev–Trinajstić information content (AvgIpc) is 2.93. The van der Waals surface area contributed by atoms with Crippen LogP contribution in [0.25, 0.3) is 10.9 Å². The highest BCUT2D eigenvalue weighted by Gasteiger charge is 2.22. The van der Waals surface area contributed by atoms with Gasteiger partial charge in [0.05, 0.1) is 17.1 Å². The summed E-state index contributed by atoms with van der Waals surface area (Å²) < 4.78 is 7.19. The molecule has 4 aromatic rings. The number of halogens is 2. The van der Waals surface area contributed by atoms with Gasteiger partial charge in [0.1, 0.15) is 11.6 Å². The minimum Gasteiger partial charge on any atom is -0.483 e. The zero-order valence-corrected chi connectivity index (χ0v) is 22.1. The van der Waals surface area contributed by atoms with Crippen molar-refractivity contribution in [2.24, 2.45) is 5.10 Å². The van der Waals surface area contributed by atoms with Gasteiger partial charge >= 0.3 is 0 Å². The summed E-state index contributed by atoms with van der Waals surface area (Å²) >= 11 is 12.2. The minimum absolute atomic E-state index is 0.157. The number of hydrogen-bond donors (Lipinski definition) is 1. The molecule has 0 bridgehead atoms. The molecular weight excluding hydrogens is 523 g/mol. The molecule has 3 aromatic carbocycles. The summed E-state index contributed by atoms with van der Waals surface area (Å²) in [7, 11) is 0. The third kappa shape index (κ3) is 6.06. The molecule has 1 fully saturated rings. The van der Waals surface area contributed by atoms with Crippen molar-refractivity contribution in [1.29, 1.82) is 0 Å². The molecule has 1 aliphatic rings. The maximum Gasteiger partial charge on any atom is 0.282 e. The van der Waals surface area contributed by atoms with Gasteiger partial charge in [0, 0.05) is 27.2 Å². The first-order valence-electron chi connectivity index (χ1n) is 12.5. The second kappa shape index (κ2) is 11.8. The van der Waals surface area contributed by atoms with E-state index in [4.69, 9.17) is 32.9 Å². The quantitative estimate of drug-likeness (QED) is 0.262. The molecule has 194 valence electrons. The summed E-state index contributed by atoms with van der Waals surface area (Å²) in [4.78, 5) is 30.7. The Kier molecular flexibility index (Phi) is 8.05. The molecule has 7 nitrogen and oxygen atoms in total. The van der Waals surface area contributed by atoms with Crippen LogP contribution in [0.5, 0.6) is 5.75 Å². The Morgan fingerprint density at radius 1 is 1.03 bits per heavy atom. The first-order chi connectivity index (χ1) is 18.5. The van der Waals surface area contributed by atoms with E-state index in [-0.39, 0.29) is 24.0 Å². The highest BCUT2D eigenvalue weighted by molar-refractivity contribution is 6.31. The van der Waals surface area contributed by atoms with E-state index >= 15 is 0 Å². The van der Waals surface area contributed by atoms with Crippen molar-refractivity contribution in [3.63, 3.8) is 0 Å². The second-order valence-corrected chi connectivity index (χ2v) is 10.1. The number of anilines is 1. The van der Waals surface area contributed by atoms with Crippen molar-refractivity contribution in [1.82, 2.24) is 9.66 Å². The molecule has 0 saturated heterocycles. The summed E-state index contributed by atoms with van der Waals surface area (Å²) in [6, 6.07) is 19.1. The average molecular weight is 549 g/mol. The molecule has 1 heterocycles. The first-order valence-corrected chi connectivity index (χ1v) is 13.3. The maximum absolute atomic E-state index is 13.5. The third-order valence-corrected chi connectivity index (χ3v) is 7.01. The van der Waals surface area contributed by atoms with E-state index in [9.17, 15) is 9.59 Å². The van der Waals surface area contributed by atoms with Crippen molar-refractivity contribution in [2.75, 3.05) is 11.9 Å². The fourth-order valence-electron chi connectivity index (χ4n) is 4.62. The van der Waals surface area contributed by atoms with Crippen molar-refractivity contribution in [2.45, 2.75) is 38.0 Å². The molecule has 1 aliphatic carbocycles. The van der Waals surface area contributed by atoms with Crippen LogP contribution >= 0.6 is 23.2 Å². The van der Waals surface area contributed by atoms with E-state index in [0.29, 0.717) is 43.8 Å². The lowest BCUT2D eigenvalue weighted by molar-refractivity contribution is -0.118. The van der Waals surface area contributed by atoms with Gasteiger partial charge in [0.25, 0.3) is 11.5 Å². The van der Waals surface area contributed by atoms with Crippen LogP contribution in [-0.2, 0) is 4.79 Å². The van der Waals surface area contributed by atoms with Crippen LogP contribution in [0.2, 0.25) is 10.0 Å². The van der Waals surface area contributed by atoms with E-state index in [1.807, 2.05) is 18.2 Å². The largest absolute Gasteiger partial charge is 0.483 e.